The Morgan fingerprint density at radius 1 is 0.333 bits per heavy atom. The first-order valence-corrected chi connectivity index (χ1v) is 19.4. The van der Waals surface area contributed by atoms with E-state index in [2.05, 4.69) is 62.4 Å². The maximum atomic E-state index is 11.9. The molecule has 0 unspecified atom stereocenters. The Morgan fingerprint density at radius 2 is 0.632 bits per heavy atom. The summed E-state index contributed by atoms with van der Waals surface area (Å²) < 4.78 is 12.8. The van der Waals surface area contributed by atoms with Crippen molar-refractivity contribution in [3.05, 3.63) is 193 Å². The van der Waals surface area contributed by atoms with Gasteiger partial charge in [-0.05, 0) is 94.8 Å². The van der Waals surface area contributed by atoms with Gasteiger partial charge >= 0.3 is 0 Å². The smallest absolute Gasteiger partial charge is 0.131 e. The zero-order chi connectivity index (χ0) is 39.1. The molecule has 8 aromatic rings. The van der Waals surface area contributed by atoms with Gasteiger partial charge in [-0.25, -0.2) is 0 Å². The van der Waals surface area contributed by atoms with Crippen LogP contribution in [-0.2, 0) is 0 Å². The molecule has 4 heteroatoms. The zero-order valence-electron chi connectivity index (χ0n) is 32.2. The highest BCUT2D eigenvalue weighted by Gasteiger charge is 2.20. The molecule has 0 aliphatic rings. The van der Waals surface area contributed by atoms with Gasteiger partial charge in [0.15, 0.2) is 0 Å². The van der Waals surface area contributed by atoms with Crippen LogP contribution in [0.2, 0.25) is 0 Å². The molecular formula is C53H44O4. The first-order chi connectivity index (χ1) is 28.0. The first-order valence-electron chi connectivity index (χ1n) is 19.4. The Balaban J connectivity index is 1.00. The topological polar surface area (TPSA) is 58.9 Å². The number of hydrogen-bond acceptors (Lipinski definition) is 4. The lowest BCUT2D eigenvalue weighted by Crippen LogP contribution is -2.06. The summed E-state index contributed by atoms with van der Waals surface area (Å²) in [5, 5.41) is 23.7. The fourth-order valence-corrected chi connectivity index (χ4v) is 7.61. The van der Waals surface area contributed by atoms with Gasteiger partial charge in [-0.3, -0.25) is 0 Å². The van der Waals surface area contributed by atoms with Gasteiger partial charge in [0.1, 0.15) is 23.0 Å². The van der Waals surface area contributed by atoms with Crippen molar-refractivity contribution >= 4 is 0 Å². The van der Waals surface area contributed by atoms with Crippen molar-refractivity contribution in [3.63, 3.8) is 0 Å². The van der Waals surface area contributed by atoms with Crippen LogP contribution in [0.4, 0.5) is 0 Å². The van der Waals surface area contributed by atoms with Gasteiger partial charge in [-0.15, -0.1) is 0 Å². The van der Waals surface area contributed by atoms with Gasteiger partial charge in [0, 0.05) is 39.8 Å². The molecule has 4 nitrogen and oxygen atoms in total. The fourth-order valence-electron chi connectivity index (χ4n) is 7.61. The molecule has 0 aliphatic heterocycles. The van der Waals surface area contributed by atoms with E-state index >= 15 is 0 Å². The van der Waals surface area contributed by atoms with Gasteiger partial charge < -0.3 is 19.7 Å². The number of ether oxygens (including phenoxy) is 2. The summed E-state index contributed by atoms with van der Waals surface area (Å²) in [4.78, 5) is 0. The standard InChI is InChI=1S/C53H44O4/c1-36-32-46(42-24-11-9-22-40(42)38-18-5-3-6-19-38)52(54)48(34-36)44-26-13-15-28-50(44)56-30-17-31-57-51-29-16-14-27-45(51)49-35-37(2)33-47(53(49)55)43-25-12-10-23-41(43)39-20-7-4-8-21-39/h3-16,18-29,32-35,54-55H,17,30-31H2,1-2H3. The summed E-state index contributed by atoms with van der Waals surface area (Å²) in [7, 11) is 0. The highest BCUT2D eigenvalue weighted by Crippen LogP contribution is 2.46. The van der Waals surface area contributed by atoms with Gasteiger partial charge in [0.05, 0.1) is 13.2 Å². The molecular weight excluding hydrogens is 701 g/mol. The lowest BCUT2D eigenvalue weighted by atomic mass is 9.90. The van der Waals surface area contributed by atoms with Crippen LogP contribution in [0.15, 0.2) is 182 Å². The molecule has 8 aromatic carbocycles. The minimum Gasteiger partial charge on any atom is -0.507 e. The minimum absolute atomic E-state index is 0.214. The molecule has 0 saturated heterocycles. The van der Waals surface area contributed by atoms with Crippen molar-refractivity contribution in [2.75, 3.05) is 13.2 Å². The Labute approximate surface area is 334 Å². The summed E-state index contributed by atoms with van der Waals surface area (Å²) in [5.41, 5.74) is 12.9. The van der Waals surface area contributed by atoms with Crippen molar-refractivity contribution in [2.45, 2.75) is 20.3 Å². The summed E-state index contributed by atoms with van der Waals surface area (Å²) in [6.07, 6.45) is 0.619. The van der Waals surface area contributed by atoms with E-state index in [-0.39, 0.29) is 11.5 Å². The van der Waals surface area contributed by atoms with Crippen molar-refractivity contribution in [2.24, 2.45) is 0 Å². The summed E-state index contributed by atoms with van der Waals surface area (Å²) in [6.45, 7) is 4.92. The summed E-state index contributed by atoms with van der Waals surface area (Å²) >= 11 is 0. The lowest BCUT2D eigenvalue weighted by molar-refractivity contribution is 0.248. The fraction of sp³-hybridized carbons (Fsp3) is 0.0943. The number of aromatic hydroxyl groups is 2. The van der Waals surface area contributed by atoms with E-state index in [4.69, 9.17) is 9.47 Å². The van der Waals surface area contributed by atoms with E-state index in [0.29, 0.717) is 31.1 Å². The molecule has 0 heterocycles. The zero-order valence-corrected chi connectivity index (χ0v) is 32.2. The van der Waals surface area contributed by atoms with Crippen LogP contribution in [-0.4, -0.2) is 23.4 Å². The predicted molar refractivity (Wildman–Crippen MR) is 234 cm³/mol. The van der Waals surface area contributed by atoms with E-state index in [1.165, 1.54) is 0 Å². The molecule has 0 fully saturated rings. The first kappa shape index (κ1) is 36.9. The van der Waals surface area contributed by atoms with Gasteiger partial charge in [0.25, 0.3) is 0 Å². The van der Waals surface area contributed by atoms with Crippen molar-refractivity contribution in [1.82, 2.24) is 0 Å². The molecule has 0 radical (unpaired) electrons. The van der Waals surface area contributed by atoms with Crippen LogP contribution in [0.25, 0.3) is 66.8 Å². The average Bonchev–Trinajstić information content (AvgIpc) is 3.26. The molecule has 0 spiro atoms. The molecule has 2 N–H and O–H groups in total. The van der Waals surface area contributed by atoms with Gasteiger partial charge in [0.2, 0.25) is 0 Å². The van der Waals surface area contributed by atoms with E-state index in [0.717, 1.165) is 77.9 Å². The molecule has 0 bridgehead atoms. The maximum Gasteiger partial charge on any atom is 0.131 e. The normalized spacial score (nSPS) is 11.0. The Bertz CT molecular complexity index is 2460. The van der Waals surface area contributed by atoms with Gasteiger partial charge in [-0.2, -0.15) is 0 Å². The van der Waals surface area contributed by atoms with E-state index < -0.39 is 0 Å². The quantitative estimate of drug-likeness (QED) is 0.122. The monoisotopic (exact) mass is 744 g/mol. The molecule has 280 valence electrons. The van der Waals surface area contributed by atoms with Crippen molar-refractivity contribution in [3.8, 4) is 89.8 Å². The molecule has 0 aromatic heterocycles. The predicted octanol–water partition coefficient (Wildman–Crippen LogP) is 13.6. The molecule has 0 saturated carbocycles. The molecule has 0 atom stereocenters. The Hall–Kier alpha value is -7.04. The SMILES string of the molecule is Cc1cc(-c2ccccc2OCCCOc2ccccc2-c2cc(C)cc(-c3ccccc3-c3ccccc3)c2O)c(O)c(-c2ccccc2-c2ccccc2)c1. The highest BCUT2D eigenvalue weighted by atomic mass is 16.5. The number of benzene rings is 8. The van der Waals surface area contributed by atoms with E-state index in [1.54, 1.807) is 0 Å². The summed E-state index contributed by atoms with van der Waals surface area (Å²) in [6, 6.07) is 60.7. The molecule has 0 amide bonds. The number of rotatable bonds is 12. The average molecular weight is 745 g/mol. The second-order valence-corrected chi connectivity index (χ2v) is 14.3. The number of aryl methyl sites for hydroxylation is 2. The number of para-hydroxylation sites is 2. The van der Waals surface area contributed by atoms with Crippen molar-refractivity contribution in [1.29, 1.82) is 0 Å². The lowest BCUT2D eigenvalue weighted by Gasteiger charge is -2.18. The van der Waals surface area contributed by atoms with Crippen LogP contribution < -0.4 is 9.47 Å². The molecule has 8 rings (SSSR count). The van der Waals surface area contributed by atoms with Crippen LogP contribution in [0, 0.1) is 13.8 Å². The van der Waals surface area contributed by atoms with Crippen molar-refractivity contribution < 1.29 is 19.7 Å². The second-order valence-electron chi connectivity index (χ2n) is 14.3. The second kappa shape index (κ2) is 16.8. The van der Waals surface area contributed by atoms with Crippen LogP contribution in [0.5, 0.6) is 23.0 Å². The Morgan fingerprint density at radius 3 is 1.02 bits per heavy atom. The van der Waals surface area contributed by atoms with Gasteiger partial charge in [-0.1, -0.05) is 146 Å². The third kappa shape index (κ3) is 7.89. The van der Waals surface area contributed by atoms with Crippen LogP contribution in [0.3, 0.4) is 0 Å². The van der Waals surface area contributed by atoms with E-state index in [9.17, 15) is 10.2 Å². The Kier molecular flexibility index (Phi) is 10.9. The van der Waals surface area contributed by atoms with Crippen LogP contribution >= 0.6 is 0 Å². The summed E-state index contributed by atoms with van der Waals surface area (Å²) in [5.74, 6) is 1.81. The van der Waals surface area contributed by atoms with E-state index in [1.807, 2.05) is 133 Å². The maximum absolute atomic E-state index is 11.9. The largest absolute Gasteiger partial charge is 0.507 e. The third-order valence-electron chi connectivity index (χ3n) is 10.3. The number of hydrogen-bond donors (Lipinski definition) is 2. The number of phenolic OH excluding ortho intramolecular Hbond substituents is 2. The highest BCUT2D eigenvalue weighted by molar-refractivity contribution is 5.93. The molecule has 0 aliphatic carbocycles. The minimum atomic E-state index is 0.214. The number of phenols is 2. The van der Waals surface area contributed by atoms with Crippen LogP contribution in [0.1, 0.15) is 17.5 Å². The third-order valence-corrected chi connectivity index (χ3v) is 10.3. The molecule has 57 heavy (non-hydrogen) atoms.